The van der Waals surface area contributed by atoms with Gasteiger partial charge in [-0.05, 0) is 32.4 Å². The van der Waals surface area contributed by atoms with Crippen LogP contribution in [0.15, 0.2) is 29.3 Å². The minimum atomic E-state index is -0.690. The Hall–Kier alpha value is -2.89. The van der Waals surface area contributed by atoms with Crippen LogP contribution in [0.25, 0.3) is 11.3 Å². The SMILES string of the molecule is CCOCCCN=C(NC(=O)C1CNOC1C)Nc1cc(-c2cc(F)cc(F)c2)[nH]n1. The topological polar surface area (TPSA) is 113 Å². The van der Waals surface area contributed by atoms with E-state index >= 15 is 0 Å². The molecule has 9 nitrogen and oxygen atoms in total. The van der Waals surface area contributed by atoms with E-state index in [2.05, 4.69) is 31.3 Å². The molecule has 2 aromatic rings. The van der Waals surface area contributed by atoms with Crippen LogP contribution in [-0.2, 0) is 14.4 Å². The molecule has 4 N–H and O–H groups in total. The van der Waals surface area contributed by atoms with E-state index in [1.165, 1.54) is 12.1 Å². The summed E-state index contributed by atoms with van der Waals surface area (Å²) < 4.78 is 32.3. The number of amides is 1. The molecule has 0 bridgehead atoms. The van der Waals surface area contributed by atoms with Gasteiger partial charge in [0.1, 0.15) is 11.6 Å². The van der Waals surface area contributed by atoms with Crippen LogP contribution in [0.1, 0.15) is 20.3 Å². The molecule has 1 aliphatic rings. The number of halogens is 2. The van der Waals surface area contributed by atoms with Crippen molar-refractivity contribution in [3.8, 4) is 11.3 Å². The smallest absolute Gasteiger partial charge is 0.233 e. The third kappa shape index (κ3) is 6.54. The van der Waals surface area contributed by atoms with Crippen LogP contribution in [0.2, 0.25) is 0 Å². The summed E-state index contributed by atoms with van der Waals surface area (Å²) in [6.07, 6.45) is 0.396. The van der Waals surface area contributed by atoms with Crippen molar-refractivity contribution in [3.63, 3.8) is 0 Å². The van der Waals surface area contributed by atoms with E-state index in [1.54, 1.807) is 13.0 Å². The number of hydrogen-bond acceptors (Lipinski definition) is 6. The summed E-state index contributed by atoms with van der Waals surface area (Å²) in [4.78, 5) is 22.2. The van der Waals surface area contributed by atoms with Crippen molar-refractivity contribution in [2.24, 2.45) is 10.9 Å². The molecule has 1 aromatic carbocycles. The molecule has 1 aromatic heterocycles. The van der Waals surface area contributed by atoms with Crippen molar-refractivity contribution < 1.29 is 23.1 Å². The van der Waals surface area contributed by atoms with E-state index in [4.69, 9.17) is 9.57 Å². The number of ether oxygens (including phenoxy) is 1. The van der Waals surface area contributed by atoms with Gasteiger partial charge in [-0.1, -0.05) is 0 Å². The normalized spacial score (nSPS) is 18.9. The molecule has 0 radical (unpaired) electrons. The number of hydrogen-bond donors (Lipinski definition) is 4. The molecular weight excluding hydrogens is 410 g/mol. The number of aliphatic imine (C=N–C) groups is 1. The predicted octanol–water partition coefficient (Wildman–Crippen LogP) is 2.21. The van der Waals surface area contributed by atoms with E-state index in [0.717, 1.165) is 6.07 Å². The lowest BCUT2D eigenvalue weighted by Crippen LogP contribution is -2.42. The van der Waals surface area contributed by atoms with Crippen LogP contribution < -0.4 is 16.1 Å². The lowest BCUT2D eigenvalue weighted by atomic mass is 10.0. The molecule has 0 saturated carbocycles. The minimum absolute atomic E-state index is 0.212. The number of rotatable bonds is 8. The number of H-pyrrole nitrogens is 1. The maximum atomic E-state index is 13.5. The molecule has 1 aliphatic heterocycles. The molecule has 168 valence electrons. The van der Waals surface area contributed by atoms with Crippen LogP contribution in [0.5, 0.6) is 0 Å². The Morgan fingerprint density at radius 1 is 1.32 bits per heavy atom. The van der Waals surface area contributed by atoms with Gasteiger partial charge in [-0.15, -0.1) is 0 Å². The summed E-state index contributed by atoms with van der Waals surface area (Å²) in [5.74, 6) is -1.47. The Morgan fingerprint density at radius 3 is 2.77 bits per heavy atom. The first-order chi connectivity index (χ1) is 15.0. The van der Waals surface area contributed by atoms with Gasteiger partial charge in [0, 0.05) is 44.0 Å². The largest absolute Gasteiger partial charge is 0.382 e. The molecule has 0 spiro atoms. The average molecular weight is 436 g/mol. The van der Waals surface area contributed by atoms with Crippen LogP contribution >= 0.6 is 0 Å². The van der Waals surface area contributed by atoms with Crippen LogP contribution in [0, 0.1) is 17.6 Å². The van der Waals surface area contributed by atoms with Crippen molar-refractivity contribution >= 4 is 17.7 Å². The van der Waals surface area contributed by atoms with Crippen molar-refractivity contribution in [3.05, 3.63) is 35.9 Å². The predicted molar refractivity (Wildman–Crippen MR) is 111 cm³/mol. The second-order valence-electron chi connectivity index (χ2n) is 7.00. The Kier molecular flexibility index (Phi) is 8.04. The summed E-state index contributed by atoms with van der Waals surface area (Å²) in [6.45, 7) is 5.70. The highest BCUT2D eigenvalue weighted by Crippen LogP contribution is 2.22. The fraction of sp³-hybridized carbons (Fsp3) is 0.450. The third-order valence-electron chi connectivity index (χ3n) is 4.64. The lowest BCUT2D eigenvalue weighted by molar-refractivity contribution is -0.124. The van der Waals surface area contributed by atoms with E-state index < -0.39 is 11.6 Å². The third-order valence-corrected chi connectivity index (χ3v) is 4.64. The zero-order valence-electron chi connectivity index (χ0n) is 17.4. The number of aromatic nitrogens is 2. The number of nitrogens with one attached hydrogen (secondary N) is 4. The summed E-state index contributed by atoms with van der Waals surface area (Å²) in [7, 11) is 0. The number of anilines is 1. The quantitative estimate of drug-likeness (QED) is 0.287. The molecule has 11 heteroatoms. The molecule has 0 aliphatic carbocycles. The first kappa shape index (κ1) is 22.8. The van der Waals surface area contributed by atoms with Gasteiger partial charge in [-0.2, -0.15) is 5.10 Å². The molecular formula is C20H26F2N6O3. The molecule has 1 fully saturated rings. The summed E-state index contributed by atoms with van der Waals surface area (Å²) in [5.41, 5.74) is 3.42. The Balaban J connectivity index is 1.70. The maximum absolute atomic E-state index is 13.5. The molecule has 1 saturated heterocycles. The highest BCUT2D eigenvalue weighted by atomic mass is 19.1. The highest BCUT2D eigenvalue weighted by molar-refractivity contribution is 6.04. The number of carbonyl (C=O) groups excluding carboxylic acids is 1. The molecule has 2 atom stereocenters. The van der Waals surface area contributed by atoms with Gasteiger partial charge in [-0.25, -0.2) is 14.3 Å². The first-order valence-electron chi connectivity index (χ1n) is 10.1. The molecule has 2 unspecified atom stereocenters. The van der Waals surface area contributed by atoms with Gasteiger partial charge in [0.25, 0.3) is 0 Å². The standard InChI is InChI=1S/C20H26F2N6O3/c1-3-30-6-4-5-23-20(26-19(29)16-11-24-31-12(16)2)25-18-10-17(27-28-18)13-7-14(21)9-15(22)8-13/h7-10,12,16,24H,3-6,11H2,1-2H3,(H3,23,25,26,27,28,29). The van der Waals surface area contributed by atoms with Crippen LogP contribution in [-0.4, -0.2) is 54.5 Å². The van der Waals surface area contributed by atoms with Crippen molar-refractivity contribution in [1.82, 2.24) is 21.0 Å². The van der Waals surface area contributed by atoms with Gasteiger partial charge in [0.2, 0.25) is 11.9 Å². The van der Waals surface area contributed by atoms with E-state index in [9.17, 15) is 13.6 Å². The van der Waals surface area contributed by atoms with Gasteiger partial charge >= 0.3 is 0 Å². The Morgan fingerprint density at radius 2 is 2.10 bits per heavy atom. The molecule has 2 heterocycles. The Bertz CT molecular complexity index is 900. The average Bonchev–Trinajstić information content (AvgIpc) is 3.36. The van der Waals surface area contributed by atoms with Gasteiger partial charge < -0.3 is 10.1 Å². The van der Waals surface area contributed by atoms with Crippen molar-refractivity contribution in [2.75, 3.05) is 31.6 Å². The van der Waals surface area contributed by atoms with Crippen LogP contribution in [0.3, 0.4) is 0 Å². The minimum Gasteiger partial charge on any atom is -0.382 e. The van der Waals surface area contributed by atoms with Crippen LogP contribution in [0.4, 0.5) is 14.6 Å². The van der Waals surface area contributed by atoms with Gasteiger partial charge in [-0.3, -0.25) is 25.0 Å². The number of hydroxylamine groups is 1. The van der Waals surface area contributed by atoms with E-state index in [-0.39, 0.29) is 23.9 Å². The summed E-state index contributed by atoms with van der Waals surface area (Å²) in [5, 5.41) is 12.5. The second kappa shape index (κ2) is 10.9. The van der Waals surface area contributed by atoms with E-state index in [0.29, 0.717) is 49.8 Å². The fourth-order valence-electron chi connectivity index (χ4n) is 3.01. The van der Waals surface area contributed by atoms with Gasteiger partial charge in [0.15, 0.2) is 5.82 Å². The zero-order chi connectivity index (χ0) is 22.2. The lowest BCUT2D eigenvalue weighted by Gasteiger charge is -2.15. The monoisotopic (exact) mass is 436 g/mol. The number of benzene rings is 1. The fourth-order valence-corrected chi connectivity index (χ4v) is 3.01. The summed E-state index contributed by atoms with van der Waals surface area (Å²) >= 11 is 0. The summed E-state index contributed by atoms with van der Waals surface area (Å²) in [6, 6.07) is 4.75. The highest BCUT2D eigenvalue weighted by Gasteiger charge is 2.31. The maximum Gasteiger partial charge on any atom is 0.233 e. The van der Waals surface area contributed by atoms with E-state index in [1.807, 2.05) is 6.92 Å². The number of nitrogens with zero attached hydrogens (tertiary/aromatic N) is 2. The second-order valence-corrected chi connectivity index (χ2v) is 7.00. The molecule has 31 heavy (non-hydrogen) atoms. The number of guanidine groups is 1. The first-order valence-corrected chi connectivity index (χ1v) is 10.1. The number of carbonyl (C=O) groups is 1. The molecule has 3 rings (SSSR count). The van der Waals surface area contributed by atoms with Crippen molar-refractivity contribution in [1.29, 1.82) is 0 Å². The number of aromatic amines is 1. The van der Waals surface area contributed by atoms with Gasteiger partial charge in [0.05, 0.1) is 17.7 Å². The zero-order valence-corrected chi connectivity index (χ0v) is 17.4. The Labute approximate surface area is 178 Å². The van der Waals surface area contributed by atoms with Crippen molar-refractivity contribution in [2.45, 2.75) is 26.4 Å². The molecule has 1 amide bonds.